The molecule has 1 amide bonds. The van der Waals surface area contributed by atoms with Gasteiger partial charge >= 0.3 is 5.91 Å². The van der Waals surface area contributed by atoms with E-state index in [9.17, 15) is 4.79 Å². The number of amides is 1. The summed E-state index contributed by atoms with van der Waals surface area (Å²) >= 11 is 0. The molecule has 0 radical (unpaired) electrons. The van der Waals surface area contributed by atoms with Crippen LogP contribution in [0, 0.1) is 25.2 Å². The number of nitriles is 1. The third kappa shape index (κ3) is 3.57. The summed E-state index contributed by atoms with van der Waals surface area (Å²) in [6.45, 7) is 11.2. The quantitative estimate of drug-likeness (QED) is 0.765. The van der Waals surface area contributed by atoms with Crippen molar-refractivity contribution in [2.45, 2.75) is 46.6 Å². The van der Waals surface area contributed by atoms with E-state index >= 15 is 0 Å². The van der Waals surface area contributed by atoms with E-state index in [2.05, 4.69) is 46.8 Å². The second kappa shape index (κ2) is 5.44. The van der Waals surface area contributed by atoms with E-state index in [-0.39, 0.29) is 5.41 Å². The first kappa shape index (κ1) is 15.2. The van der Waals surface area contributed by atoms with Crippen LogP contribution >= 0.6 is 0 Å². The highest BCUT2D eigenvalue weighted by molar-refractivity contribution is 5.90. The van der Waals surface area contributed by atoms with E-state index in [1.807, 2.05) is 0 Å². The molecule has 0 unspecified atom stereocenters. The van der Waals surface area contributed by atoms with Gasteiger partial charge in [-0.15, -0.1) is 0 Å². The first-order chi connectivity index (χ1) is 8.66. The topological polar surface area (TPSA) is 44.1 Å². The molecule has 0 saturated heterocycles. The Morgan fingerprint density at radius 1 is 1.26 bits per heavy atom. The van der Waals surface area contributed by atoms with Crippen LogP contribution in [0.3, 0.4) is 0 Å². The molecular weight excluding hydrogens is 236 g/mol. The Kier molecular flexibility index (Phi) is 4.36. The maximum absolute atomic E-state index is 11.3. The number of carbonyl (C=O) groups excluding carboxylic acids is 1. The Hall–Kier alpha value is -1.82. The standard InChI is InChI=1S/C16H22N2O/c1-11-7-13(16(3,4)5)8-12(2)14(11)10-18(6)15(19)9-17/h7-8H,10H2,1-6H3. The van der Waals surface area contributed by atoms with Gasteiger partial charge in [0.15, 0.2) is 6.07 Å². The third-order valence-electron chi connectivity index (χ3n) is 3.40. The molecule has 3 heteroatoms. The van der Waals surface area contributed by atoms with Gasteiger partial charge in [0, 0.05) is 13.6 Å². The summed E-state index contributed by atoms with van der Waals surface area (Å²) in [5.74, 6) is -0.501. The van der Waals surface area contributed by atoms with Crippen molar-refractivity contribution in [2.75, 3.05) is 7.05 Å². The van der Waals surface area contributed by atoms with Crippen LogP contribution in [0.5, 0.6) is 0 Å². The molecule has 0 heterocycles. The molecule has 0 aliphatic carbocycles. The van der Waals surface area contributed by atoms with Gasteiger partial charge in [-0.3, -0.25) is 4.79 Å². The van der Waals surface area contributed by atoms with Crippen LogP contribution in [0.25, 0.3) is 0 Å². The Balaban J connectivity index is 3.12. The molecule has 1 aromatic rings. The number of benzene rings is 1. The molecule has 0 spiro atoms. The molecule has 1 rings (SSSR count). The molecular formula is C16H22N2O. The van der Waals surface area contributed by atoms with Gasteiger partial charge < -0.3 is 4.90 Å². The Morgan fingerprint density at radius 3 is 2.11 bits per heavy atom. The van der Waals surface area contributed by atoms with E-state index in [1.54, 1.807) is 13.1 Å². The lowest BCUT2D eigenvalue weighted by atomic mass is 9.84. The molecule has 0 fully saturated rings. The van der Waals surface area contributed by atoms with Crippen LogP contribution < -0.4 is 0 Å². The highest BCUT2D eigenvalue weighted by atomic mass is 16.2. The van der Waals surface area contributed by atoms with E-state index in [0.717, 1.165) is 5.56 Å². The summed E-state index contributed by atoms with van der Waals surface area (Å²) in [4.78, 5) is 12.8. The van der Waals surface area contributed by atoms with Crippen molar-refractivity contribution >= 4 is 5.91 Å². The summed E-state index contributed by atoms with van der Waals surface area (Å²) < 4.78 is 0. The summed E-state index contributed by atoms with van der Waals surface area (Å²) in [7, 11) is 1.65. The van der Waals surface area contributed by atoms with Crippen molar-refractivity contribution in [2.24, 2.45) is 0 Å². The van der Waals surface area contributed by atoms with Gasteiger partial charge in [0.05, 0.1) is 0 Å². The van der Waals surface area contributed by atoms with Crippen molar-refractivity contribution in [3.63, 3.8) is 0 Å². The third-order valence-corrected chi connectivity index (χ3v) is 3.40. The van der Waals surface area contributed by atoms with Crippen molar-refractivity contribution in [1.29, 1.82) is 5.26 Å². The number of hydrogen-bond donors (Lipinski definition) is 0. The van der Waals surface area contributed by atoms with Gasteiger partial charge in [-0.25, -0.2) is 0 Å². The molecule has 0 aromatic heterocycles. The fourth-order valence-corrected chi connectivity index (χ4v) is 2.07. The SMILES string of the molecule is Cc1cc(C(C)(C)C)cc(C)c1CN(C)C(=O)C#N. The monoisotopic (exact) mass is 258 g/mol. The minimum Gasteiger partial charge on any atom is -0.329 e. The smallest absolute Gasteiger partial charge is 0.325 e. The zero-order chi connectivity index (χ0) is 14.8. The first-order valence-corrected chi connectivity index (χ1v) is 6.42. The Labute approximate surface area is 115 Å². The van der Waals surface area contributed by atoms with Crippen LogP contribution in [0.4, 0.5) is 0 Å². The number of rotatable bonds is 2. The summed E-state index contributed by atoms with van der Waals surface area (Å²) in [5, 5.41) is 8.63. The fourth-order valence-electron chi connectivity index (χ4n) is 2.07. The van der Waals surface area contributed by atoms with Crippen molar-refractivity contribution in [3.05, 3.63) is 34.4 Å². The zero-order valence-electron chi connectivity index (χ0n) is 12.7. The molecule has 0 aliphatic heterocycles. The number of aryl methyl sites for hydroxylation is 2. The normalized spacial score (nSPS) is 11.0. The summed E-state index contributed by atoms with van der Waals surface area (Å²) in [5.41, 5.74) is 4.87. The maximum atomic E-state index is 11.3. The van der Waals surface area contributed by atoms with Gasteiger partial charge in [0.25, 0.3) is 0 Å². The van der Waals surface area contributed by atoms with Crippen molar-refractivity contribution in [3.8, 4) is 6.07 Å². The molecule has 0 aliphatic rings. The molecule has 1 aromatic carbocycles. The highest BCUT2D eigenvalue weighted by Crippen LogP contribution is 2.27. The first-order valence-electron chi connectivity index (χ1n) is 6.42. The van der Waals surface area contributed by atoms with Crippen molar-refractivity contribution < 1.29 is 4.79 Å². The number of nitrogens with zero attached hydrogens (tertiary/aromatic N) is 2. The van der Waals surface area contributed by atoms with Crippen LogP contribution in [0.15, 0.2) is 12.1 Å². The fraction of sp³-hybridized carbons (Fsp3) is 0.500. The van der Waals surface area contributed by atoms with Gasteiger partial charge in [-0.1, -0.05) is 32.9 Å². The van der Waals surface area contributed by atoms with E-state index in [1.165, 1.54) is 21.6 Å². The van der Waals surface area contributed by atoms with Crippen molar-refractivity contribution in [1.82, 2.24) is 4.90 Å². The Bertz CT molecular complexity index is 510. The van der Waals surface area contributed by atoms with E-state index in [4.69, 9.17) is 5.26 Å². The van der Waals surface area contributed by atoms with E-state index < -0.39 is 5.91 Å². The predicted octanol–water partition coefficient (Wildman–Crippen LogP) is 3.08. The summed E-state index contributed by atoms with van der Waals surface area (Å²) in [6.07, 6.45) is 0. The average molecular weight is 258 g/mol. The maximum Gasteiger partial charge on any atom is 0.325 e. The Morgan fingerprint density at radius 2 is 1.74 bits per heavy atom. The van der Waals surface area contributed by atoms with E-state index in [0.29, 0.717) is 6.54 Å². The minimum absolute atomic E-state index is 0.114. The van der Waals surface area contributed by atoms with Gasteiger partial charge in [-0.05, 0) is 41.5 Å². The van der Waals surface area contributed by atoms with Crippen LogP contribution in [-0.4, -0.2) is 17.9 Å². The molecule has 0 saturated carbocycles. The molecule has 19 heavy (non-hydrogen) atoms. The minimum atomic E-state index is -0.501. The second-order valence-electron chi connectivity index (χ2n) is 6.11. The zero-order valence-corrected chi connectivity index (χ0v) is 12.7. The molecule has 102 valence electrons. The molecule has 0 atom stereocenters. The number of hydrogen-bond acceptors (Lipinski definition) is 2. The van der Waals surface area contributed by atoms with Crippen LogP contribution in [-0.2, 0) is 16.8 Å². The number of carbonyl (C=O) groups is 1. The van der Waals surface area contributed by atoms with Crippen LogP contribution in [0.2, 0.25) is 0 Å². The average Bonchev–Trinajstić information content (AvgIpc) is 2.30. The lowest BCUT2D eigenvalue weighted by molar-refractivity contribution is -0.124. The second-order valence-corrected chi connectivity index (χ2v) is 6.11. The van der Waals surface area contributed by atoms with Gasteiger partial charge in [-0.2, -0.15) is 5.26 Å². The molecule has 0 bridgehead atoms. The lowest BCUT2D eigenvalue weighted by Gasteiger charge is -2.23. The molecule has 0 N–H and O–H groups in total. The largest absolute Gasteiger partial charge is 0.329 e. The highest BCUT2D eigenvalue weighted by Gasteiger charge is 2.17. The predicted molar refractivity (Wildman–Crippen MR) is 76.7 cm³/mol. The summed E-state index contributed by atoms with van der Waals surface area (Å²) in [6, 6.07) is 5.99. The van der Waals surface area contributed by atoms with Gasteiger partial charge in [0.2, 0.25) is 0 Å². The lowest BCUT2D eigenvalue weighted by Crippen LogP contribution is -2.25. The molecule has 3 nitrogen and oxygen atoms in total. The van der Waals surface area contributed by atoms with Crippen LogP contribution in [0.1, 0.15) is 43.0 Å². The van der Waals surface area contributed by atoms with Gasteiger partial charge in [0.1, 0.15) is 0 Å².